The number of hydrogen-bond acceptors (Lipinski definition) is 6. The third-order valence-electron chi connectivity index (χ3n) is 4.25. The van der Waals surface area contributed by atoms with Gasteiger partial charge in [-0.1, -0.05) is 18.2 Å². The number of rotatable bonds is 9. The molecule has 0 atom stereocenters. The van der Waals surface area contributed by atoms with E-state index >= 15 is 0 Å². The van der Waals surface area contributed by atoms with Crippen molar-refractivity contribution in [2.45, 2.75) is 13.0 Å². The van der Waals surface area contributed by atoms with Crippen molar-refractivity contribution >= 4 is 28.6 Å². The van der Waals surface area contributed by atoms with Crippen LogP contribution in [0.25, 0.3) is 10.9 Å². The quantitative estimate of drug-likeness (QED) is 0.322. The lowest BCUT2D eigenvalue weighted by atomic mass is 10.1. The molecular formula is C19H21N6O5. The topological polar surface area (TPSA) is 175 Å². The minimum atomic E-state index is -0.562. The van der Waals surface area contributed by atoms with Gasteiger partial charge in [-0.25, -0.2) is 10.1 Å². The van der Waals surface area contributed by atoms with E-state index in [1.54, 1.807) is 0 Å². The molecule has 0 saturated heterocycles. The van der Waals surface area contributed by atoms with Crippen LogP contribution < -0.4 is 21.7 Å². The molecule has 3 amide bonds. The second-order valence-corrected chi connectivity index (χ2v) is 6.41. The van der Waals surface area contributed by atoms with Crippen LogP contribution in [0.15, 0.2) is 34.9 Å². The fourth-order valence-electron chi connectivity index (χ4n) is 2.76. The Morgan fingerprint density at radius 2 is 1.73 bits per heavy atom. The Kier molecular flexibility index (Phi) is 6.65. The first-order chi connectivity index (χ1) is 14.5. The maximum atomic E-state index is 12.1. The lowest BCUT2D eigenvalue weighted by Crippen LogP contribution is -2.43. The Labute approximate surface area is 171 Å². The Balaban J connectivity index is 1.48. The molecule has 11 heteroatoms. The number of para-hydroxylation sites is 1. The number of carbonyl (C=O) groups excluding carboxylic acids is 3. The van der Waals surface area contributed by atoms with Crippen LogP contribution in [0.2, 0.25) is 0 Å². The molecule has 2 aromatic heterocycles. The lowest BCUT2D eigenvalue weighted by molar-refractivity contribution is -0.127. The summed E-state index contributed by atoms with van der Waals surface area (Å²) in [6.07, 6.45) is 2.11. The van der Waals surface area contributed by atoms with Crippen LogP contribution in [-0.4, -0.2) is 47.3 Å². The van der Waals surface area contributed by atoms with E-state index in [1.807, 2.05) is 30.5 Å². The molecule has 0 saturated carbocycles. The summed E-state index contributed by atoms with van der Waals surface area (Å²) >= 11 is 0. The van der Waals surface area contributed by atoms with Crippen LogP contribution in [0, 0.1) is 0 Å². The SMILES string of the molecule is NCC(=O)NCC(=O)NCC(=O)NCc1nc(Cc2c[nH]c3ccccc23)c([O])o1. The van der Waals surface area contributed by atoms with Gasteiger partial charge >= 0.3 is 5.95 Å². The van der Waals surface area contributed by atoms with Gasteiger partial charge < -0.3 is 31.1 Å². The van der Waals surface area contributed by atoms with Gasteiger partial charge in [0, 0.05) is 23.5 Å². The molecule has 0 unspecified atom stereocenters. The molecule has 30 heavy (non-hydrogen) atoms. The second kappa shape index (κ2) is 9.56. The third-order valence-corrected chi connectivity index (χ3v) is 4.25. The van der Waals surface area contributed by atoms with E-state index in [4.69, 9.17) is 10.2 Å². The monoisotopic (exact) mass is 413 g/mol. The van der Waals surface area contributed by atoms with Gasteiger partial charge in [-0.2, -0.15) is 0 Å². The molecule has 3 aromatic rings. The molecule has 0 aliphatic rings. The van der Waals surface area contributed by atoms with E-state index in [9.17, 15) is 19.5 Å². The van der Waals surface area contributed by atoms with Crippen molar-refractivity contribution in [2.24, 2.45) is 5.73 Å². The average Bonchev–Trinajstić information content (AvgIpc) is 3.32. The van der Waals surface area contributed by atoms with Gasteiger partial charge in [0.2, 0.25) is 23.6 Å². The van der Waals surface area contributed by atoms with E-state index in [0.717, 1.165) is 16.5 Å². The van der Waals surface area contributed by atoms with Crippen LogP contribution >= 0.6 is 0 Å². The maximum Gasteiger partial charge on any atom is 0.359 e. The van der Waals surface area contributed by atoms with Crippen LogP contribution in [0.5, 0.6) is 5.95 Å². The van der Waals surface area contributed by atoms with Crippen LogP contribution in [0.4, 0.5) is 0 Å². The first-order valence-electron chi connectivity index (χ1n) is 9.17. The highest BCUT2D eigenvalue weighted by atomic mass is 16.5. The van der Waals surface area contributed by atoms with Crippen molar-refractivity contribution < 1.29 is 23.9 Å². The molecule has 157 valence electrons. The number of benzene rings is 1. The summed E-state index contributed by atoms with van der Waals surface area (Å²) in [5, 5.41) is 20.2. The van der Waals surface area contributed by atoms with Gasteiger partial charge in [-0.3, -0.25) is 14.4 Å². The number of nitrogens with two attached hydrogens (primary N) is 1. The minimum absolute atomic E-state index is 0.0738. The smallest absolute Gasteiger partial charge is 0.359 e. The van der Waals surface area contributed by atoms with Gasteiger partial charge in [0.1, 0.15) is 5.69 Å². The molecule has 0 fully saturated rings. The number of nitrogens with zero attached hydrogens (tertiary/aromatic N) is 1. The highest BCUT2D eigenvalue weighted by Gasteiger charge is 2.17. The molecule has 3 rings (SSSR count). The zero-order chi connectivity index (χ0) is 21.5. The van der Waals surface area contributed by atoms with E-state index in [0.29, 0.717) is 6.42 Å². The van der Waals surface area contributed by atoms with Gasteiger partial charge in [-0.05, 0) is 11.6 Å². The number of fused-ring (bicyclic) bond motifs is 1. The molecule has 11 nitrogen and oxygen atoms in total. The predicted molar refractivity (Wildman–Crippen MR) is 105 cm³/mol. The number of aromatic amines is 1. The summed E-state index contributed by atoms with van der Waals surface area (Å²) < 4.78 is 5.09. The Bertz CT molecular complexity index is 1060. The van der Waals surface area contributed by atoms with Crippen LogP contribution in [-0.2, 0) is 32.5 Å². The third kappa shape index (κ3) is 5.35. The van der Waals surface area contributed by atoms with Gasteiger partial charge in [0.15, 0.2) is 0 Å². The number of amides is 3. The van der Waals surface area contributed by atoms with Crippen molar-refractivity contribution in [3.63, 3.8) is 0 Å². The first kappa shape index (κ1) is 20.9. The highest BCUT2D eigenvalue weighted by molar-refractivity contribution is 5.88. The summed E-state index contributed by atoms with van der Waals surface area (Å²) in [5.41, 5.74) is 7.22. The molecule has 0 aliphatic carbocycles. The number of carbonyl (C=O) groups is 3. The molecule has 1 aromatic carbocycles. The normalized spacial score (nSPS) is 10.7. The lowest BCUT2D eigenvalue weighted by Gasteiger charge is -2.06. The maximum absolute atomic E-state index is 12.1. The van der Waals surface area contributed by atoms with E-state index in [-0.39, 0.29) is 37.8 Å². The number of H-pyrrole nitrogens is 1. The fourth-order valence-corrected chi connectivity index (χ4v) is 2.76. The van der Waals surface area contributed by atoms with E-state index in [1.165, 1.54) is 0 Å². The molecule has 1 radical (unpaired) electrons. The zero-order valence-electron chi connectivity index (χ0n) is 16.0. The van der Waals surface area contributed by atoms with Crippen molar-refractivity contribution in [3.8, 4) is 5.95 Å². The Hall–Kier alpha value is -3.86. The summed E-state index contributed by atoms with van der Waals surface area (Å²) in [6, 6.07) is 7.71. The van der Waals surface area contributed by atoms with E-state index in [2.05, 4.69) is 25.9 Å². The molecular weight excluding hydrogens is 392 g/mol. The molecule has 0 aliphatic heterocycles. The summed E-state index contributed by atoms with van der Waals surface area (Å²) in [4.78, 5) is 41.6. The van der Waals surface area contributed by atoms with Crippen molar-refractivity contribution in [3.05, 3.63) is 47.6 Å². The summed E-state index contributed by atoms with van der Waals surface area (Å²) in [6.45, 7) is -0.903. The Morgan fingerprint density at radius 3 is 2.50 bits per heavy atom. The van der Waals surface area contributed by atoms with Gasteiger partial charge in [0.25, 0.3) is 0 Å². The number of nitrogens with one attached hydrogen (secondary N) is 4. The molecule has 0 spiro atoms. The van der Waals surface area contributed by atoms with E-state index < -0.39 is 23.7 Å². The average molecular weight is 413 g/mol. The van der Waals surface area contributed by atoms with Gasteiger partial charge in [0.05, 0.1) is 26.2 Å². The Morgan fingerprint density at radius 1 is 1.03 bits per heavy atom. The summed E-state index contributed by atoms with van der Waals surface area (Å²) in [5.74, 6) is -2.00. The predicted octanol–water partition coefficient (Wildman–Crippen LogP) is -0.302. The fraction of sp³-hybridized carbons (Fsp3) is 0.263. The summed E-state index contributed by atoms with van der Waals surface area (Å²) in [7, 11) is 0. The van der Waals surface area contributed by atoms with Crippen molar-refractivity contribution in [1.82, 2.24) is 25.9 Å². The van der Waals surface area contributed by atoms with Crippen molar-refractivity contribution in [1.29, 1.82) is 0 Å². The van der Waals surface area contributed by atoms with Crippen molar-refractivity contribution in [2.75, 3.05) is 19.6 Å². The molecule has 2 heterocycles. The second-order valence-electron chi connectivity index (χ2n) is 6.41. The minimum Gasteiger partial charge on any atom is -0.405 e. The standard InChI is InChI=1S/C19H21N6O5/c20-6-15(26)22-8-16(27)23-9-17(28)24-10-18-25-14(19(29)30-18)5-11-7-21-13-4-2-1-3-12(11)13/h1-4,7,21H,5-6,8-10,20H2,(H,22,26)(H,23,27)(H,24,28). The largest absolute Gasteiger partial charge is 0.405 e. The highest BCUT2D eigenvalue weighted by Crippen LogP contribution is 2.26. The van der Waals surface area contributed by atoms with Crippen LogP contribution in [0.1, 0.15) is 17.1 Å². The molecule has 0 bridgehead atoms. The number of aromatic nitrogens is 2. The zero-order valence-corrected chi connectivity index (χ0v) is 16.0. The van der Waals surface area contributed by atoms with Gasteiger partial charge in [-0.15, -0.1) is 0 Å². The number of oxazole rings is 1. The first-order valence-corrected chi connectivity index (χ1v) is 9.17. The molecule has 6 N–H and O–H groups in total. The van der Waals surface area contributed by atoms with Crippen LogP contribution in [0.3, 0.4) is 0 Å². The number of hydrogen-bond donors (Lipinski definition) is 5.